The highest BCUT2D eigenvalue weighted by Crippen LogP contribution is 2.30. The van der Waals surface area contributed by atoms with Crippen molar-refractivity contribution in [2.75, 3.05) is 10.8 Å². The van der Waals surface area contributed by atoms with E-state index in [2.05, 4.69) is 26.2 Å². The van der Waals surface area contributed by atoms with Crippen molar-refractivity contribution in [2.24, 2.45) is 0 Å². The van der Waals surface area contributed by atoms with E-state index in [9.17, 15) is 13.2 Å². The first kappa shape index (κ1) is 19.0. The molecule has 6 nitrogen and oxygen atoms in total. The Morgan fingerprint density at radius 1 is 1.18 bits per heavy atom. The Bertz CT molecular complexity index is 1190. The van der Waals surface area contributed by atoms with Gasteiger partial charge in [0.05, 0.1) is 22.3 Å². The molecular weight excluding hydrogens is 442 g/mol. The quantitative estimate of drug-likeness (QED) is 0.649. The van der Waals surface area contributed by atoms with Gasteiger partial charge in [0, 0.05) is 23.3 Å². The van der Waals surface area contributed by atoms with Crippen LogP contribution in [0.4, 0.5) is 5.69 Å². The molecular formula is C20H18BrN3O3S. The fraction of sp³-hybridized carbons (Fsp3) is 0.200. The zero-order chi connectivity index (χ0) is 19.9. The number of amides is 1. The maximum absolute atomic E-state index is 13.3. The van der Waals surface area contributed by atoms with Crippen LogP contribution < -0.4 is 9.62 Å². The first-order chi connectivity index (χ1) is 13.4. The second kappa shape index (κ2) is 7.27. The van der Waals surface area contributed by atoms with Gasteiger partial charge in [-0.1, -0.05) is 18.2 Å². The number of carbonyl (C=O) groups excluding carboxylic acids is 1. The van der Waals surface area contributed by atoms with Gasteiger partial charge >= 0.3 is 0 Å². The number of carbonyl (C=O) groups is 1. The molecule has 0 bridgehead atoms. The van der Waals surface area contributed by atoms with Gasteiger partial charge in [0.1, 0.15) is 0 Å². The molecule has 0 saturated carbocycles. The van der Waals surface area contributed by atoms with Crippen LogP contribution in [0.5, 0.6) is 0 Å². The lowest BCUT2D eigenvalue weighted by molar-refractivity contribution is -0.115. The maximum atomic E-state index is 13.3. The van der Waals surface area contributed by atoms with Gasteiger partial charge in [-0.25, -0.2) is 12.7 Å². The number of rotatable bonds is 3. The van der Waals surface area contributed by atoms with E-state index in [0.29, 0.717) is 12.1 Å². The molecule has 28 heavy (non-hydrogen) atoms. The average molecular weight is 460 g/mol. The Morgan fingerprint density at radius 3 is 2.79 bits per heavy atom. The summed E-state index contributed by atoms with van der Waals surface area (Å²) >= 11 is 3.43. The SMILES string of the molecule is CC(=O)N(c1cnc2c(Br)cccc2c1)S(=O)(=O)c1ccc2c(c1)CNCC2. The molecule has 0 aliphatic carbocycles. The van der Waals surface area contributed by atoms with Gasteiger partial charge in [0.25, 0.3) is 10.0 Å². The Balaban J connectivity index is 1.82. The minimum absolute atomic E-state index is 0.0967. The molecule has 8 heteroatoms. The minimum atomic E-state index is -4.06. The zero-order valence-corrected chi connectivity index (χ0v) is 17.5. The second-order valence-corrected chi connectivity index (χ2v) is 9.29. The number of halogens is 1. The summed E-state index contributed by atoms with van der Waals surface area (Å²) in [4.78, 5) is 16.8. The molecule has 2 aromatic carbocycles. The Hall–Kier alpha value is -2.29. The number of sulfonamides is 1. The van der Waals surface area contributed by atoms with E-state index in [-0.39, 0.29) is 10.6 Å². The highest BCUT2D eigenvalue weighted by Gasteiger charge is 2.30. The molecule has 0 spiro atoms. The Morgan fingerprint density at radius 2 is 2.00 bits per heavy atom. The van der Waals surface area contributed by atoms with Gasteiger partial charge in [-0.2, -0.15) is 0 Å². The van der Waals surface area contributed by atoms with Crippen molar-refractivity contribution in [3.8, 4) is 0 Å². The molecule has 1 aliphatic heterocycles. The summed E-state index contributed by atoms with van der Waals surface area (Å²) in [6.07, 6.45) is 2.27. The van der Waals surface area contributed by atoms with Crippen molar-refractivity contribution in [1.29, 1.82) is 0 Å². The third-order valence-electron chi connectivity index (χ3n) is 4.77. The molecule has 1 N–H and O–H groups in total. The number of nitrogens with zero attached hydrogens (tertiary/aromatic N) is 2. The molecule has 0 fully saturated rings. The van der Waals surface area contributed by atoms with E-state index in [0.717, 1.165) is 38.3 Å². The standard InChI is InChI=1S/C20H18BrN3O3S/c1-13(25)24(17-9-15-3-2-4-19(21)20(15)23-12-17)28(26,27)18-6-5-14-7-8-22-11-16(14)10-18/h2-6,9-10,12,22H,7-8,11H2,1H3. The van der Waals surface area contributed by atoms with E-state index in [4.69, 9.17) is 0 Å². The van der Waals surface area contributed by atoms with E-state index < -0.39 is 15.9 Å². The van der Waals surface area contributed by atoms with Crippen LogP contribution in [-0.2, 0) is 27.8 Å². The van der Waals surface area contributed by atoms with E-state index in [1.54, 1.807) is 18.2 Å². The van der Waals surface area contributed by atoms with Crippen LogP contribution in [0.3, 0.4) is 0 Å². The molecule has 3 aromatic rings. The van der Waals surface area contributed by atoms with Gasteiger partial charge < -0.3 is 5.32 Å². The molecule has 1 amide bonds. The number of nitrogens with one attached hydrogen (secondary N) is 1. The molecule has 1 aliphatic rings. The monoisotopic (exact) mass is 459 g/mol. The third kappa shape index (κ3) is 3.32. The Kier molecular flexibility index (Phi) is 4.95. The number of hydrogen-bond acceptors (Lipinski definition) is 5. The van der Waals surface area contributed by atoms with Gasteiger partial charge in [-0.3, -0.25) is 9.78 Å². The van der Waals surface area contributed by atoms with E-state index in [1.165, 1.54) is 13.1 Å². The summed E-state index contributed by atoms with van der Waals surface area (Å²) in [5.74, 6) is -0.591. The van der Waals surface area contributed by atoms with Crippen LogP contribution in [-0.4, -0.2) is 25.9 Å². The van der Waals surface area contributed by atoms with Crippen molar-refractivity contribution in [2.45, 2.75) is 24.8 Å². The number of anilines is 1. The van der Waals surface area contributed by atoms with Crippen molar-refractivity contribution in [3.05, 3.63) is 64.3 Å². The van der Waals surface area contributed by atoms with E-state index in [1.807, 2.05) is 24.3 Å². The highest BCUT2D eigenvalue weighted by atomic mass is 79.9. The van der Waals surface area contributed by atoms with Gasteiger partial charge in [0.2, 0.25) is 5.91 Å². The van der Waals surface area contributed by atoms with Crippen molar-refractivity contribution < 1.29 is 13.2 Å². The average Bonchev–Trinajstić information content (AvgIpc) is 2.67. The summed E-state index contributed by atoms with van der Waals surface area (Å²) in [5, 5.41) is 3.98. The number of hydrogen-bond donors (Lipinski definition) is 1. The molecule has 1 aromatic heterocycles. The lowest BCUT2D eigenvalue weighted by atomic mass is 10.0. The van der Waals surface area contributed by atoms with Crippen LogP contribution in [0.2, 0.25) is 0 Å². The van der Waals surface area contributed by atoms with Crippen molar-refractivity contribution in [1.82, 2.24) is 10.3 Å². The smallest absolute Gasteiger partial charge is 0.270 e. The molecule has 2 heterocycles. The summed E-state index contributed by atoms with van der Waals surface area (Å²) in [6, 6.07) is 12.2. The summed E-state index contributed by atoms with van der Waals surface area (Å²) in [7, 11) is -4.06. The fourth-order valence-corrected chi connectivity index (χ4v) is 5.38. The van der Waals surface area contributed by atoms with Crippen LogP contribution in [0, 0.1) is 0 Å². The second-order valence-electron chi connectivity index (χ2n) is 6.65. The van der Waals surface area contributed by atoms with Crippen LogP contribution in [0.1, 0.15) is 18.1 Å². The van der Waals surface area contributed by atoms with Crippen molar-refractivity contribution in [3.63, 3.8) is 0 Å². The molecule has 144 valence electrons. The number of fused-ring (bicyclic) bond motifs is 2. The molecule has 0 atom stereocenters. The first-order valence-electron chi connectivity index (χ1n) is 8.80. The van der Waals surface area contributed by atoms with E-state index >= 15 is 0 Å². The topological polar surface area (TPSA) is 79.4 Å². The largest absolute Gasteiger partial charge is 0.312 e. The fourth-order valence-electron chi connectivity index (χ4n) is 3.44. The highest BCUT2D eigenvalue weighted by molar-refractivity contribution is 9.10. The van der Waals surface area contributed by atoms with Gasteiger partial charge in [-0.15, -0.1) is 0 Å². The first-order valence-corrected chi connectivity index (χ1v) is 11.0. The minimum Gasteiger partial charge on any atom is -0.312 e. The third-order valence-corrected chi connectivity index (χ3v) is 7.21. The van der Waals surface area contributed by atoms with Crippen molar-refractivity contribution >= 4 is 48.5 Å². The van der Waals surface area contributed by atoms with Crippen LogP contribution >= 0.6 is 15.9 Å². The molecule has 4 rings (SSSR count). The number of pyridine rings is 1. The molecule has 0 unspecified atom stereocenters. The number of para-hydroxylation sites is 1. The predicted octanol–water partition coefficient (Wildman–Crippen LogP) is 3.38. The Labute approximate surface area is 171 Å². The van der Waals surface area contributed by atoms with Gasteiger partial charge in [0.15, 0.2) is 0 Å². The summed E-state index contributed by atoms with van der Waals surface area (Å²) in [5.41, 5.74) is 2.99. The zero-order valence-electron chi connectivity index (χ0n) is 15.1. The van der Waals surface area contributed by atoms with Gasteiger partial charge in [-0.05, 0) is 64.3 Å². The number of aromatic nitrogens is 1. The van der Waals surface area contributed by atoms with Crippen LogP contribution in [0.15, 0.2) is 58.0 Å². The lowest BCUT2D eigenvalue weighted by Gasteiger charge is -2.23. The maximum Gasteiger partial charge on any atom is 0.270 e. The summed E-state index contributed by atoms with van der Waals surface area (Å²) in [6.45, 7) is 2.73. The van der Waals surface area contributed by atoms with Crippen LogP contribution in [0.25, 0.3) is 10.9 Å². The molecule has 0 saturated heterocycles. The lowest BCUT2D eigenvalue weighted by Crippen LogP contribution is -2.35. The summed E-state index contributed by atoms with van der Waals surface area (Å²) < 4.78 is 28.2. The molecule has 0 radical (unpaired) electrons. The number of benzene rings is 2. The predicted molar refractivity (Wildman–Crippen MR) is 112 cm³/mol. The normalized spacial score (nSPS) is 13.9.